The molecular formula is C14H10F3N2O2S2+. The van der Waals surface area contributed by atoms with Crippen molar-refractivity contribution in [3.8, 4) is 10.6 Å². The molecule has 0 aliphatic rings. The third kappa shape index (κ3) is 2.66. The first kappa shape index (κ1) is 15.8. The number of halogens is 3. The number of thiophene rings is 2. The summed E-state index contributed by atoms with van der Waals surface area (Å²) < 4.78 is 44.9. The Kier molecular flexibility index (Phi) is 3.77. The number of fused-ring (bicyclic) bond motifs is 1. The minimum Gasteiger partial charge on any atom is -0.465 e. The third-order valence-electron chi connectivity index (χ3n) is 3.21. The molecule has 0 fully saturated rings. The maximum atomic E-state index is 13.4. The van der Waals surface area contributed by atoms with Crippen LogP contribution in [0.4, 0.5) is 18.9 Å². The second-order valence-electron chi connectivity index (χ2n) is 4.61. The number of nitrogens with one attached hydrogen (secondary N) is 1. The highest BCUT2D eigenvalue weighted by Gasteiger charge is 2.38. The van der Waals surface area contributed by atoms with E-state index in [1.807, 2.05) is 0 Å². The number of ether oxygens (including phenoxy) is 1. The highest BCUT2D eigenvalue weighted by atomic mass is 32.1. The van der Waals surface area contributed by atoms with E-state index in [-0.39, 0.29) is 20.8 Å². The molecule has 9 heteroatoms. The number of anilines is 1. The van der Waals surface area contributed by atoms with Gasteiger partial charge in [0.2, 0.25) is 5.69 Å². The highest BCUT2D eigenvalue weighted by Crippen LogP contribution is 2.42. The van der Waals surface area contributed by atoms with E-state index in [1.54, 1.807) is 17.5 Å². The lowest BCUT2D eigenvalue weighted by Gasteiger charge is -2.07. The maximum absolute atomic E-state index is 13.4. The van der Waals surface area contributed by atoms with E-state index in [1.165, 1.54) is 11.3 Å². The molecule has 0 unspecified atom stereocenters. The van der Waals surface area contributed by atoms with Gasteiger partial charge in [-0.2, -0.15) is 18.2 Å². The molecular weight excluding hydrogens is 349 g/mol. The molecule has 3 heterocycles. The molecule has 23 heavy (non-hydrogen) atoms. The minimum absolute atomic E-state index is 0.0485. The van der Waals surface area contributed by atoms with Gasteiger partial charge in [0.15, 0.2) is 0 Å². The van der Waals surface area contributed by atoms with E-state index in [0.29, 0.717) is 10.6 Å². The number of alkyl halides is 3. The number of hydrogen-bond acceptors (Lipinski definition) is 5. The van der Waals surface area contributed by atoms with Crippen LogP contribution < -0.4 is 10.7 Å². The molecule has 0 saturated carbocycles. The summed E-state index contributed by atoms with van der Waals surface area (Å²) in [5.74, 6) is -0.761. The van der Waals surface area contributed by atoms with Gasteiger partial charge in [-0.1, -0.05) is 17.4 Å². The molecule has 3 rings (SSSR count). The normalized spacial score (nSPS) is 11.8. The van der Waals surface area contributed by atoms with Crippen molar-refractivity contribution >= 4 is 44.5 Å². The Labute approximate surface area is 136 Å². The number of nitrogen functional groups attached to an aromatic ring is 1. The van der Waals surface area contributed by atoms with Crippen LogP contribution in [-0.2, 0) is 10.9 Å². The quantitative estimate of drug-likeness (QED) is 0.707. The van der Waals surface area contributed by atoms with Crippen LogP contribution in [0, 0.1) is 0 Å². The van der Waals surface area contributed by atoms with Crippen molar-refractivity contribution in [1.82, 2.24) is 0 Å². The standard InChI is InChI=1S/C14H9F3N2O2S2/c1-21-13(20)11-10(18)9-6(14(15,16)17)5-7(19-12(9)23-11)8-3-2-4-22-8/h2-5H,18H2,1H3/p+1. The van der Waals surface area contributed by atoms with E-state index < -0.39 is 17.7 Å². The Morgan fingerprint density at radius 2 is 2.13 bits per heavy atom. The van der Waals surface area contributed by atoms with Gasteiger partial charge < -0.3 is 10.5 Å². The molecule has 0 radical (unpaired) electrons. The van der Waals surface area contributed by atoms with E-state index in [0.717, 1.165) is 24.5 Å². The number of aromatic amines is 1. The zero-order valence-corrected chi connectivity index (χ0v) is 13.3. The van der Waals surface area contributed by atoms with Gasteiger partial charge in [-0.05, 0) is 11.4 Å². The second kappa shape index (κ2) is 5.50. The van der Waals surface area contributed by atoms with Gasteiger partial charge in [-0.3, -0.25) is 0 Å². The fourth-order valence-electron chi connectivity index (χ4n) is 2.21. The molecule has 0 atom stereocenters. The second-order valence-corrected chi connectivity index (χ2v) is 6.58. The van der Waals surface area contributed by atoms with Crippen molar-refractivity contribution < 1.29 is 27.7 Å². The molecule has 3 aromatic rings. The Hall–Kier alpha value is -2.13. The van der Waals surface area contributed by atoms with Crippen LogP contribution in [0.1, 0.15) is 15.2 Å². The molecule has 0 aromatic carbocycles. The van der Waals surface area contributed by atoms with Crippen molar-refractivity contribution in [3.63, 3.8) is 0 Å². The summed E-state index contributed by atoms with van der Waals surface area (Å²) in [6.45, 7) is 0. The fourth-order valence-corrected chi connectivity index (χ4v) is 3.97. The van der Waals surface area contributed by atoms with Gasteiger partial charge in [0, 0.05) is 6.07 Å². The van der Waals surface area contributed by atoms with Crippen LogP contribution in [-0.4, -0.2) is 13.1 Å². The molecule has 3 aromatic heterocycles. The summed E-state index contributed by atoms with van der Waals surface area (Å²) in [5.41, 5.74) is 4.99. The predicted octanol–water partition coefficient (Wildman–Crippen LogP) is 3.83. The lowest BCUT2D eigenvalue weighted by atomic mass is 10.1. The summed E-state index contributed by atoms with van der Waals surface area (Å²) in [5, 5.41) is 1.56. The molecule has 0 aliphatic heterocycles. The molecule has 0 spiro atoms. The van der Waals surface area contributed by atoms with E-state index >= 15 is 0 Å². The fraction of sp³-hybridized carbons (Fsp3) is 0.143. The van der Waals surface area contributed by atoms with Crippen LogP contribution in [0.15, 0.2) is 23.6 Å². The first-order valence-electron chi connectivity index (χ1n) is 6.30. The molecule has 0 saturated heterocycles. The molecule has 0 bridgehead atoms. The number of hydrogen-bond donors (Lipinski definition) is 1. The number of aromatic nitrogens is 1. The zero-order chi connectivity index (χ0) is 16.8. The summed E-state index contributed by atoms with van der Waals surface area (Å²) in [6.07, 6.45) is -4.60. The number of esters is 1. The molecule has 3 N–H and O–H groups in total. The smallest absolute Gasteiger partial charge is 0.417 e. The summed E-state index contributed by atoms with van der Waals surface area (Å²) in [4.78, 5) is 15.4. The number of rotatable bonds is 2. The first-order valence-corrected chi connectivity index (χ1v) is 8.00. The lowest BCUT2D eigenvalue weighted by Crippen LogP contribution is -2.13. The van der Waals surface area contributed by atoms with Crippen LogP contribution in [0.2, 0.25) is 0 Å². The van der Waals surface area contributed by atoms with Gasteiger partial charge in [0.05, 0.1) is 28.6 Å². The van der Waals surface area contributed by atoms with Crippen LogP contribution in [0.25, 0.3) is 20.8 Å². The van der Waals surface area contributed by atoms with E-state index in [4.69, 9.17) is 5.73 Å². The van der Waals surface area contributed by atoms with E-state index in [9.17, 15) is 18.0 Å². The molecule has 120 valence electrons. The highest BCUT2D eigenvalue weighted by molar-refractivity contribution is 7.20. The number of carbonyl (C=O) groups excluding carboxylic acids is 1. The Morgan fingerprint density at radius 1 is 1.39 bits per heavy atom. The van der Waals surface area contributed by atoms with Gasteiger partial charge in [-0.25, -0.2) is 4.79 Å². The SMILES string of the molecule is COC(=O)c1sc2[nH+]c(-c3cccs3)cc(C(F)(F)F)c2c1N. The number of methoxy groups -OCH3 is 1. The van der Waals surface area contributed by atoms with Crippen LogP contribution in [0.5, 0.6) is 0 Å². The summed E-state index contributed by atoms with van der Waals surface area (Å²) in [7, 11) is 1.15. The molecule has 0 amide bonds. The van der Waals surface area contributed by atoms with Crippen molar-refractivity contribution in [3.05, 3.63) is 34.0 Å². The van der Waals surface area contributed by atoms with Gasteiger partial charge in [-0.15, -0.1) is 11.3 Å². The van der Waals surface area contributed by atoms with Crippen molar-refractivity contribution in [2.75, 3.05) is 12.8 Å². The lowest BCUT2D eigenvalue weighted by molar-refractivity contribution is -0.328. The average molecular weight is 359 g/mol. The van der Waals surface area contributed by atoms with E-state index in [2.05, 4.69) is 9.72 Å². The van der Waals surface area contributed by atoms with Gasteiger partial charge in [0.1, 0.15) is 4.88 Å². The topological polar surface area (TPSA) is 66.5 Å². The van der Waals surface area contributed by atoms with Gasteiger partial charge in [0.25, 0.3) is 4.83 Å². The maximum Gasteiger partial charge on any atom is 0.417 e. The van der Waals surface area contributed by atoms with Crippen LogP contribution >= 0.6 is 22.7 Å². The molecule has 4 nitrogen and oxygen atoms in total. The summed E-state index contributed by atoms with van der Waals surface area (Å²) in [6, 6.07) is 4.47. The Bertz CT molecular complexity index is 886. The van der Waals surface area contributed by atoms with Crippen molar-refractivity contribution in [1.29, 1.82) is 0 Å². The number of nitrogens with two attached hydrogens (primary N) is 1. The zero-order valence-electron chi connectivity index (χ0n) is 11.7. The Balaban J connectivity index is 2.35. The molecule has 0 aliphatic carbocycles. The van der Waals surface area contributed by atoms with Crippen molar-refractivity contribution in [2.45, 2.75) is 6.18 Å². The van der Waals surface area contributed by atoms with Crippen molar-refractivity contribution in [2.24, 2.45) is 0 Å². The average Bonchev–Trinajstić information content (AvgIpc) is 3.13. The predicted molar refractivity (Wildman–Crippen MR) is 82.4 cm³/mol. The number of carbonyl (C=O) groups is 1. The monoisotopic (exact) mass is 359 g/mol. The largest absolute Gasteiger partial charge is 0.465 e. The summed E-state index contributed by atoms with van der Waals surface area (Å²) >= 11 is 2.16. The van der Waals surface area contributed by atoms with Gasteiger partial charge >= 0.3 is 12.1 Å². The first-order chi connectivity index (χ1) is 10.8. The minimum atomic E-state index is -4.60. The number of H-pyrrole nitrogens is 1. The Morgan fingerprint density at radius 3 is 2.70 bits per heavy atom. The van der Waals surface area contributed by atoms with Crippen LogP contribution in [0.3, 0.4) is 0 Å². The number of pyridine rings is 1. The third-order valence-corrected chi connectivity index (χ3v) is 5.22.